The highest BCUT2D eigenvalue weighted by Gasteiger charge is 2.21. The van der Waals surface area contributed by atoms with Crippen LogP contribution in [-0.4, -0.2) is 10.9 Å². The number of thioether (sulfide) groups is 1. The minimum atomic E-state index is 0.0641. The third kappa shape index (κ3) is 3.90. The molecule has 1 aromatic rings. The number of rotatable bonds is 4. The van der Waals surface area contributed by atoms with Gasteiger partial charge in [-0.15, -0.1) is 11.8 Å². The van der Waals surface area contributed by atoms with Crippen LogP contribution in [0, 0.1) is 11.8 Å². The molecule has 2 rings (SSSR count). The summed E-state index contributed by atoms with van der Waals surface area (Å²) in [5, 5.41) is 9.85. The summed E-state index contributed by atoms with van der Waals surface area (Å²) < 4.78 is 0. The van der Waals surface area contributed by atoms with Crippen LogP contribution in [0.3, 0.4) is 0 Å². The van der Waals surface area contributed by atoms with Crippen molar-refractivity contribution < 1.29 is 5.11 Å². The van der Waals surface area contributed by atoms with Gasteiger partial charge in [-0.2, -0.15) is 0 Å². The fraction of sp³-hybridized carbons (Fsp3) is 0.571. The maximum Gasteiger partial charge on any atom is 0.0682 e. The summed E-state index contributed by atoms with van der Waals surface area (Å²) in [5.74, 6) is 2.93. The molecule has 0 spiro atoms. The van der Waals surface area contributed by atoms with Crippen LogP contribution in [0.4, 0.5) is 0 Å². The molecule has 1 aromatic carbocycles. The molecule has 0 aromatic heterocycles. The third-order valence-corrected chi connectivity index (χ3v) is 4.83. The van der Waals surface area contributed by atoms with E-state index in [4.69, 9.17) is 16.7 Å². The van der Waals surface area contributed by atoms with E-state index in [9.17, 15) is 0 Å². The zero-order chi connectivity index (χ0) is 12.3. The van der Waals surface area contributed by atoms with Gasteiger partial charge in [0.2, 0.25) is 0 Å². The van der Waals surface area contributed by atoms with E-state index in [1.807, 2.05) is 30.0 Å². The van der Waals surface area contributed by atoms with E-state index in [-0.39, 0.29) is 6.61 Å². The lowest BCUT2D eigenvalue weighted by Crippen LogP contribution is -1.98. The number of hydrogen-bond donors (Lipinski definition) is 1. The van der Waals surface area contributed by atoms with E-state index in [1.54, 1.807) is 0 Å². The van der Waals surface area contributed by atoms with Crippen molar-refractivity contribution in [1.82, 2.24) is 0 Å². The SMILES string of the molecule is CC1CCC(CSc2cc(Cl)cc(CO)c2)C1. The molecule has 1 N–H and O–H groups in total. The minimum Gasteiger partial charge on any atom is -0.392 e. The van der Waals surface area contributed by atoms with E-state index in [0.29, 0.717) is 0 Å². The van der Waals surface area contributed by atoms with Crippen molar-refractivity contribution in [1.29, 1.82) is 0 Å². The van der Waals surface area contributed by atoms with Gasteiger partial charge in [-0.1, -0.05) is 24.9 Å². The summed E-state index contributed by atoms with van der Waals surface area (Å²) in [5.41, 5.74) is 0.903. The minimum absolute atomic E-state index is 0.0641. The Labute approximate surface area is 113 Å². The summed E-state index contributed by atoms with van der Waals surface area (Å²) in [4.78, 5) is 1.18. The molecule has 1 saturated carbocycles. The van der Waals surface area contributed by atoms with Crippen molar-refractivity contribution in [2.75, 3.05) is 5.75 Å². The second-order valence-corrected chi connectivity index (χ2v) is 6.58. The predicted molar refractivity (Wildman–Crippen MR) is 74.6 cm³/mol. The summed E-state index contributed by atoms with van der Waals surface area (Å²) in [6.07, 6.45) is 4.10. The standard InChI is InChI=1S/C14H19ClOS/c1-10-2-3-11(4-10)9-17-14-6-12(8-16)5-13(15)7-14/h5-7,10-11,16H,2-4,8-9H2,1H3. The Balaban J connectivity index is 1.92. The summed E-state index contributed by atoms with van der Waals surface area (Å²) in [6, 6.07) is 5.85. The molecule has 0 aliphatic heterocycles. The highest BCUT2D eigenvalue weighted by Crippen LogP contribution is 2.35. The molecular formula is C14H19ClOS. The molecule has 1 aliphatic carbocycles. The normalized spacial score (nSPS) is 24.2. The van der Waals surface area contributed by atoms with Gasteiger partial charge in [-0.3, -0.25) is 0 Å². The largest absolute Gasteiger partial charge is 0.392 e. The Morgan fingerprint density at radius 2 is 2.18 bits per heavy atom. The van der Waals surface area contributed by atoms with Crippen LogP contribution in [0.25, 0.3) is 0 Å². The number of benzene rings is 1. The quantitative estimate of drug-likeness (QED) is 0.821. The Morgan fingerprint density at radius 1 is 1.35 bits per heavy atom. The predicted octanol–water partition coefficient (Wildman–Crippen LogP) is 4.36. The third-order valence-electron chi connectivity index (χ3n) is 3.40. The van der Waals surface area contributed by atoms with Gasteiger partial charge in [-0.25, -0.2) is 0 Å². The van der Waals surface area contributed by atoms with Gasteiger partial charge < -0.3 is 5.11 Å². The monoisotopic (exact) mass is 270 g/mol. The van der Waals surface area contributed by atoms with E-state index in [1.165, 1.54) is 29.9 Å². The van der Waals surface area contributed by atoms with Gasteiger partial charge in [-0.05, 0) is 48.4 Å². The number of aliphatic hydroxyl groups is 1. The lowest BCUT2D eigenvalue weighted by molar-refractivity contribution is 0.281. The summed E-state index contributed by atoms with van der Waals surface area (Å²) in [7, 11) is 0. The van der Waals surface area contributed by atoms with Crippen LogP contribution in [0.15, 0.2) is 23.1 Å². The van der Waals surface area contributed by atoms with Gasteiger partial charge in [0.15, 0.2) is 0 Å². The molecule has 3 heteroatoms. The average molecular weight is 271 g/mol. The molecule has 0 amide bonds. The van der Waals surface area contributed by atoms with E-state index in [0.717, 1.165) is 22.4 Å². The van der Waals surface area contributed by atoms with Gasteiger partial charge in [0.05, 0.1) is 6.61 Å². The van der Waals surface area contributed by atoms with E-state index in [2.05, 4.69) is 6.92 Å². The first-order chi connectivity index (χ1) is 8.17. The Morgan fingerprint density at radius 3 is 2.82 bits per heavy atom. The zero-order valence-electron chi connectivity index (χ0n) is 10.2. The van der Waals surface area contributed by atoms with Gasteiger partial charge in [0.25, 0.3) is 0 Å². The van der Waals surface area contributed by atoms with E-state index >= 15 is 0 Å². The number of hydrogen-bond acceptors (Lipinski definition) is 2. The molecule has 0 bridgehead atoms. The Kier molecular flexibility index (Phi) is 4.78. The fourth-order valence-electron chi connectivity index (χ4n) is 2.49. The number of aliphatic hydroxyl groups excluding tert-OH is 1. The van der Waals surface area contributed by atoms with Crippen molar-refractivity contribution in [3.05, 3.63) is 28.8 Å². The second-order valence-electron chi connectivity index (χ2n) is 5.05. The van der Waals surface area contributed by atoms with Gasteiger partial charge >= 0.3 is 0 Å². The molecule has 0 saturated heterocycles. The van der Waals surface area contributed by atoms with Crippen molar-refractivity contribution in [2.45, 2.75) is 37.7 Å². The van der Waals surface area contributed by atoms with Crippen LogP contribution in [0.5, 0.6) is 0 Å². The molecule has 2 unspecified atom stereocenters. The first kappa shape index (κ1) is 13.3. The average Bonchev–Trinajstić information content (AvgIpc) is 2.72. The highest BCUT2D eigenvalue weighted by atomic mass is 35.5. The first-order valence-electron chi connectivity index (χ1n) is 6.20. The van der Waals surface area contributed by atoms with Crippen molar-refractivity contribution >= 4 is 23.4 Å². The fourth-order valence-corrected chi connectivity index (χ4v) is 3.98. The molecule has 1 aliphatic rings. The molecular weight excluding hydrogens is 252 g/mol. The Hall–Kier alpha value is -0.180. The maximum absolute atomic E-state index is 9.13. The smallest absolute Gasteiger partial charge is 0.0682 e. The van der Waals surface area contributed by atoms with E-state index < -0.39 is 0 Å². The van der Waals surface area contributed by atoms with Crippen LogP contribution >= 0.6 is 23.4 Å². The first-order valence-corrected chi connectivity index (χ1v) is 7.57. The molecule has 1 nitrogen and oxygen atoms in total. The van der Waals surface area contributed by atoms with Gasteiger partial charge in [0.1, 0.15) is 0 Å². The second kappa shape index (κ2) is 6.12. The summed E-state index contributed by atoms with van der Waals surface area (Å²) >= 11 is 7.89. The van der Waals surface area contributed by atoms with Gasteiger partial charge in [0, 0.05) is 15.7 Å². The van der Waals surface area contributed by atoms with Crippen molar-refractivity contribution in [3.63, 3.8) is 0 Å². The maximum atomic E-state index is 9.13. The molecule has 2 atom stereocenters. The van der Waals surface area contributed by atoms with Crippen molar-refractivity contribution in [3.8, 4) is 0 Å². The topological polar surface area (TPSA) is 20.2 Å². The van der Waals surface area contributed by atoms with Crippen LogP contribution in [0.1, 0.15) is 31.7 Å². The molecule has 17 heavy (non-hydrogen) atoms. The molecule has 1 fully saturated rings. The number of halogens is 1. The molecule has 0 heterocycles. The zero-order valence-corrected chi connectivity index (χ0v) is 11.7. The lowest BCUT2D eigenvalue weighted by atomic mass is 10.1. The van der Waals surface area contributed by atoms with Crippen LogP contribution < -0.4 is 0 Å². The van der Waals surface area contributed by atoms with Crippen molar-refractivity contribution in [2.24, 2.45) is 11.8 Å². The lowest BCUT2D eigenvalue weighted by Gasteiger charge is -2.10. The van der Waals surface area contributed by atoms with Crippen LogP contribution in [0.2, 0.25) is 5.02 Å². The van der Waals surface area contributed by atoms with Crippen LogP contribution in [-0.2, 0) is 6.61 Å². The Bertz CT molecular complexity index is 380. The molecule has 0 radical (unpaired) electrons. The molecule has 94 valence electrons. The summed E-state index contributed by atoms with van der Waals surface area (Å²) in [6.45, 7) is 2.41. The highest BCUT2D eigenvalue weighted by molar-refractivity contribution is 7.99.